The number of carboxylic acids is 1. The molecule has 0 aliphatic carbocycles. The fourth-order valence-corrected chi connectivity index (χ4v) is 1.47. The number of nitrogens with zero attached hydrogens (tertiary/aromatic N) is 4. The van der Waals surface area contributed by atoms with Gasteiger partial charge in [-0.2, -0.15) is 10.2 Å². The average molecular weight is 220 g/mol. The van der Waals surface area contributed by atoms with E-state index in [0.29, 0.717) is 6.54 Å². The summed E-state index contributed by atoms with van der Waals surface area (Å²) in [6.07, 6.45) is 5.08. The quantitative estimate of drug-likeness (QED) is 0.828. The van der Waals surface area contributed by atoms with Crippen LogP contribution in [0.1, 0.15) is 23.0 Å². The lowest BCUT2D eigenvalue weighted by Crippen LogP contribution is -2.10. The Kier molecular flexibility index (Phi) is 2.72. The van der Waals surface area contributed by atoms with Crippen LogP contribution in [-0.4, -0.2) is 30.6 Å². The summed E-state index contributed by atoms with van der Waals surface area (Å²) >= 11 is 0. The van der Waals surface area contributed by atoms with Crippen molar-refractivity contribution in [3.8, 4) is 0 Å². The van der Waals surface area contributed by atoms with E-state index in [2.05, 4.69) is 10.2 Å². The number of carbonyl (C=O) groups is 1. The zero-order valence-electron chi connectivity index (χ0n) is 8.87. The molecule has 0 saturated carbocycles. The summed E-state index contributed by atoms with van der Waals surface area (Å²) in [6.45, 7) is 3.22. The summed E-state index contributed by atoms with van der Waals surface area (Å²) in [7, 11) is 0. The average Bonchev–Trinajstić information content (AvgIpc) is 2.87. The Bertz CT molecular complexity index is 500. The number of aromatic carboxylic acids is 1. The molecule has 0 bridgehead atoms. The van der Waals surface area contributed by atoms with Crippen molar-refractivity contribution < 1.29 is 9.90 Å². The van der Waals surface area contributed by atoms with Crippen molar-refractivity contribution in [1.82, 2.24) is 19.6 Å². The summed E-state index contributed by atoms with van der Waals surface area (Å²) in [5.74, 6) is -0.972. The Balaban J connectivity index is 2.20. The molecular formula is C10H12N4O2. The lowest BCUT2D eigenvalue weighted by molar-refractivity contribution is 0.0684. The first-order valence-electron chi connectivity index (χ1n) is 4.97. The maximum absolute atomic E-state index is 10.9. The van der Waals surface area contributed by atoms with E-state index in [0.717, 1.165) is 12.1 Å². The third kappa shape index (κ3) is 1.95. The third-order valence-corrected chi connectivity index (χ3v) is 2.28. The Morgan fingerprint density at radius 1 is 1.50 bits per heavy atom. The zero-order valence-corrected chi connectivity index (χ0v) is 8.87. The highest BCUT2D eigenvalue weighted by Crippen LogP contribution is 2.05. The van der Waals surface area contributed by atoms with Crippen LogP contribution in [-0.2, 0) is 13.1 Å². The molecule has 6 nitrogen and oxygen atoms in total. The summed E-state index contributed by atoms with van der Waals surface area (Å²) in [6, 6.07) is 1.48. The van der Waals surface area contributed by atoms with Crippen molar-refractivity contribution in [2.75, 3.05) is 0 Å². The van der Waals surface area contributed by atoms with Crippen LogP contribution in [0, 0.1) is 0 Å². The molecule has 0 fully saturated rings. The summed E-state index contributed by atoms with van der Waals surface area (Å²) in [5.41, 5.74) is 1.12. The topological polar surface area (TPSA) is 72.9 Å². The van der Waals surface area contributed by atoms with Crippen molar-refractivity contribution in [3.63, 3.8) is 0 Å². The van der Waals surface area contributed by atoms with Crippen LogP contribution in [0.15, 0.2) is 24.7 Å². The van der Waals surface area contributed by atoms with Crippen LogP contribution < -0.4 is 0 Å². The molecular weight excluding hydrogens is 208 g/mol. The van der Waals surface area contributed by atoms with Gasteiger partial charge in [0.2, 0.25) is 0 Å². The van der Waals surface area contributed by atoms with Crippen LogP contribution in [0.2, 0.25) is 0 Å². The second kappa shape index (κ2) is 4.18. The summed E-state index contributed by atoms with van der Waals surface area (Å²) in [4.78, 5) is 10.9. The lowest BCUT2D eigenvalue weighted by atomic mass is 10.3. The molecule has 2 aromatic rings. The molecule has 6 heteroatoms. The van der Waals surface area contributed by atoms with Gasteiger partial charge >= 0.3 is 5.97 Å². The van der Waals surface area contributed by atoms with E-state index in [1.54, 1.807) is 10.9 Å². The van der Waals surface area contributed by atoms with Gasteiger partial charge in [0.15, 0.2) is 0 Å². The smallest absolute Gasteiger partial charge is 0.354 e. The molecule has 2 aromatic heterocycles. The molecule has 0 spiro atoms. The van der Waals surface area contributed by atoms with E-state index < -0.39 is 5.97 Å². The monoisotopic (exact) mass is 220 g/mol. The zero-order chi connectivity index (χ0) is 11.5. The van der Waals surface area contributed by atoms with Crippen molar-refractivity contribution >= 4 is 5.97 Å². The van der Waals surface area contributed by atoms with E-state index in [-0.39, 0.29) is 5.69 Å². The SMILES string of the molecule is CCn1cc(Cn2nccc2C(=O)O)cn1. The van der Waals surface area contributed by atoms with Gasteiger partial charge in [-0.1, -0.05) is 0 Å². The molecule has 0 saturated heterocycles. The normalized spacial score (nSPS) is 10.6. The Hall–Kier alpha value is -2.11. The number of aromatic nitrogens is 4. The van der Waals surface area contributed by atoms with Gasteiger partial charge in [-0.25, -0.2) is 4.79 Å². The molecule has 0 aliphatic heterocycles. The van der Waals surface area contributed by atoms with Crippen LogP contribution >= 0.6 is 0 Å². The van der Waals surface area contributed by atoms with Gasteiger partial charge in [0.05, 0.1) is 12.7 Å². The van der Waals surface area contributed by atoms with Crippen LogP contribution in [0.4, 0.5) is 0 Å². The molecule has 0 radical (unpaired) electrons. The number of carboxylic acid groups (broad SMARTS) is 1. The molecule has 0 atom stereocenters. The van der Waals surface area contributed by atoms with Crippen molar-refractivity contribution in [2.45, 2.75) is 20.0 Å². The predicted octanol–water partition coefficient (Wildman–Crippen LogP) is 0.846. The molecule has 0 amide bonds. The Morgan fingerprint density at radius 3 is 2.94 bits per heavy atom. The first kappa shape index (κ1) is 10.4. The largest absolute Gasteiger partial charge is 0.477 e. The number of hydrogen-bond acceptors (Lipinski definition) is 3. The molecule has 0 aromatic carbocycles. The molecule has 0 aliphatic rings. The highest BCUT2D eigenvalue weighted by atomic mass is 16.4. The van der Waals surface area contributed by atoms with Crippen molar-refractivity contribution in [3.05, 3.63) is 35.9 Å². The summed E-state index contributed by atoms with van der Waals surface area (Å²) in [5, 5.41) is 17.0. The van der Waals surface area contributed by atoms with Gasteiger partial charge in [0, 0.05) is 24.5 Å². The highest BCUT2D eigenvalue weighted by Gasteiger charge is 2.10. The van der Waals surface area contributed by atoms with Gasteiger partial charge < -0.3 is 5.11 Å². The minimum atomic E-state index is -0.972. The van der Waals surface area contributed by atoms with Crippen LogP contribution in [0.3, 0.4) is 0 Å². The number of hydrogen-bond donors (Lipinski definition) is 1. The molecule has 2 rings (SSSR count). The minimum Gasteiger partial charge on any atom is -0.477 e. The van der Waals surface area contributed by atoms with E-state index in [1.165, 1.54) is 16.9 Å². The van der Waals surface area contributed by atoms with Gasteiger partial charge in [0.1, 0.15) is 5.69 Å². The Morgan fingerprint density at radius 2 is 2.31 bits per heavy atom. The maximum Gasteiger partial charge on any atom is 0.354 e. The fraction of sp³-hybridized carbons (Fsp3) is 0.300. The minimum absolute atomic E-state index is 0.184. The van der Waals surface area contributed by atoms with Crippen LogP contribution in [0.5, 0.6) is 0 Å². The second-order valence-electron chi connectivity index (χ2n) is 3.38. The standard InChI is InChI=1S/C10H12N4O2/c1-2-13-6-8(5-12-13)7-14-9(10(15)16)3-4-11-14/h3-6H,2,7H2,1H3,(H,15,16). The third-order valence-electron chi connectivity index (χ3n) is 2.28. The van der Waals surface area contributed by atoms with E-state index >= 15 is 0 Å². The molecule has 0 unspecified atom stereocenters. The number of rotatable bonds is 4. The van der Waals surface area contributed by atoms with Gasteiger partial charge in [-0.15, -0.1) is 0 Å². The van der Waals surface area contributed by atoms with E-state index in [1.807, 2.05) is 13.1 Å². The van der Waals surface area contributed by atoms with Gasteiger partial charge in [-0.3, -0.25) is 9.36 Å². The maximum atomic E-state index is 10.9. The van der Waals surface area contributed by atoms with Gasteiger partial charge in [0.25, 0.3) is 0 Å². The van der Waals surface area contributed by atoms with E-state index in [9.17, 15) is 4.79 Å². The number of aryl methyl sites for hydroxylation is 1. The van der Waals surface area contributed by atoms with E-state index in [4.69, 9.17) is 5.11 Å². The molecule has 1 N–H and O–H groups in total. The lowest BCUT2D eigenvalue weighted by Gasteiger charge is -2.01. The van der Waals surface area contributed by atoms with Crippen molar-refractivity contribution in [2.24, 2.45) is 0 Å². The molecule has 84 valence electrons. The summed E-state index contributed by atoms with van der Waals surface area (Å²) < 4.78 is 3.23. The predicted molar refractivity (Wildman–Crippen MR) is 56.2 cm³/mol. The second-order valence-corrected chi connectivity index (χ2v) is 3.38. The first-order valence-corrected chi connectivity index (χ1v) is 4.97. The van der Waals surface area contributed by atoms with Crippen molar-refractivity contribution in [1.29, 1.82) is 0 Å². The fourth-order valence-electron chi connectivity index (χ4n) is 1.47. The van der Waals surface area contributed by atoms with Crippen LogP contribution in [0.25, 0.3) is 0 Å². The van der Waals surface area contributed by atoms with Gasteiger partial charge in [-0.05, 0) is 13.0 Å². The first-order chi connectivity index (χ1) is 7.70. The molecule has 2 heterocycles. The molecule has 16 heavy (non-hydrogen) atoms. The Labute approximate surface area is 92.1 Å². The highest BCUT2D eigenvalue weighted by molar-refractivity contribution is 5.85.